The van der Waals surface area contributed by atoms with Crippen LogP contribution in [-0.4, -0.2) is 180 Å². The van der Waals surface area contributed by atoms with E-state index in [1.54, 1.807) is 33.9 Å². The number of β-amino-alcohol motifs (C(OH)–C–C–N with tert-alkyl or cyclic N) is 1. The number of likely N-dealkylation sites (tertiary alicyclic amines) is 1. The second-order valence-corrected chi connectivity index (χ2v) is 23.5. The van der Waals surface area contributed by atoms with Gasteiger partial charge in [-0.1, -0.05) is 57.9 Å². The van der Waals surface area contributed by atoms with E-state index in [0.717, 1.165) is 64.1 Å². The third-order valence-electron chi connectivity index (χ3n) is 15.8. The summed E-state index contributed by atoms with van der Waals surface area (Å²) in [5, 5.41) is 11.3. The van der Waals surface area contributed by atoms with E-state index >= 15 is 0 Å². The molecule has 2 aliphatic heterocycles. The smallest absolute Gasteiger partial charge is 0.263 e. The maximum Gasteiger partial charge on any atom is 0.263 e. The summed E-state index contributed by atoms with van der Waals surface area (Å²) in [4.78, 5) is 105. The van der Waals surface area contributed by atoms with Gasteiger partial charge in [0, 0.05) is 81.2 Å². The predicted molar refractivity (Wildman–Crippen MR) is 310 cm³/mol. The second-order valence-electron chi connectivity index (χ2n) is 22.7. The van der Waals surface area contributed by atoms with Gasteiger partial charge in [0.25, 0.3) is 5.56 Å². The molecule has 0 radical (unpaired) electrons. The number of aliphatic hydroxyl groups is 1. The lowest BCUT2D eigenvalue weighted by atomic mass is 9.76. The molecule has 21 heteroatoms. The quantitative estimate of drug-likeness (QED) is 0.0406. The van der Waals surface area contributed by atoms with E-state index in [2.05, 4.69) is 14.9 Å². The molecule has 3 aliphatic rings. The third kappa shape index (κ3) is 16.3. The van der Waals surface area contributed by atoms with Gasteiger partial charge in [-0.05, 0) is 74.3 Å². The van der Waals surface area contributed by atoms with Crippen molar-refractivity contribution in [2.45, 2.75) is 118 Å². The molecule has 0 bridgehead atoms. The van der Waals surface area contributed by atoms with Gasteiger partial charge in [-0.15, -0.1) is 11.3 Å². The lowest BCUT2D eigenvalue weighted by Crippen LogP contribution is -2.49. The van der Waals surface area contributed by atoms with Crippen molar-refractivity contribution in [2.75, 3.05) is 104 Å². The number of thiazole rings is 1. The first-order valence-electron chi connectivity index (χ1n) is 28.8. The van der Waals surface area contributed by atoms with Crippen LogP contribution in [0.25, 0.3) is 21.5 Å². The van der Waals surface area contributed by atoms with Gasteiger partial charge in [-0.3, -0.25) is 38.3 Å². The van der Waals surface area contributed by atoms with Crippen molar-refractivity contribution in [1.82, 2.24) is 34.3 Å². The van der Waals surface area contributed by atoms with Crippen LogP contribution < -0.4 is 10.5 Å². The lowest BCUT2D eigenvalue weighted by molar-refractivity contribution is -0.146. The minimum Gasteiger partial charge on any atom is -0.391 e. The van der Waals surface area contributed by atoms with Gasteiger partial charge in [0.2, 0.25) is 11.8 Å². The predicted octanol–water partition coefficient (Wildman–Crippen LogP) is 6.35. The van der Waals surface area contributed by atoms with Crippen molar-refractivity contribution in [3.05, 3.63) is 98.6 Å². The molecule has 3 fully saturated rings. The van der Waals surface area contributed by atoms with Gasteiger partial charge in [0.1, 0.15) is 24.7 Å². The van der Waals surface area contributed by atoms with Crippen molar-refractivity contribution in [3.8, 4) is 10.4 Å². The zero-order valence-corrected chi connectivity index (χ0v) is 49.2. The fourth-order valence-electron chi connectivity index (χ4n) is 11.1. The summed E-state index contributed by atoms with van der Waals surface area (Å²) in [7, 11) is 0. The number of hydrogen-bond acceptors (Lipinski definition) is 18. The first kappa shape index (κ1) is 61.9. The van der Waals surface area contributed by atoms with Crippen molar-refractivity contribution in [2.24, 2.45) is 11.3 Å². The van der Waals surface area contributed by atoms with E-state index < -0.39 is 23.5 Å². The standard InChI is InChI=1S/C61H80N8O12S/c1-40-50-35-63-54(65-58(50)69(46-9-7-8-10-46)60(76)56(40)42(3)70)31-45-16-17-47(34-62-45)66-19-21-67(22-20-66)55(74)38-81-30-28-79-26-24-77-23-25-78-27-29-80-37-49(72)32-51(61(4,5)6)59(75)68-36-48(71)33-52(68)53(73)18-13-43-11-14-44(15-12-43)57-41(2)64-39-82-57/h11-12,14-17,34-35,39,46,48,51-52,71H,7-10,13,18-33,36-38H2,1-6H3/t48-,51-,52+/m1/s1. The Balaban J connectivity index is 0.639. The highest BCUT2D eigenvalue weighted by Crippen LogP contribution is 2.35. The Bertz CT molecular complexity index is 3040. The number of Topliss-reactive ketones (excluding diaryl/α,β-unsaturated/α-hetero) is 3. The highest BCUT2D eigenvalue weighted by molar-refractivity contribution is 7.13. The number of amides is 2. The fraction of sp³-hybridized carbons (Fsp3) is 0.574. The number of ketones is 3. The first-order chi connectivity index (χ1) is 39.5. The summed E-state index contributed by atoms with van der Waals surface area (Å²) in [5.74, 6) is -1.11. The second kappa shape index (κ2) is 29.4. The average molecular weight is 1150 g/mol. The van der Waals surface area contributed by atoms with Crippen LogP contribution in [0, 0.1) is 25.2 Å². The molecule has 20 nitrogen and oxygen atoms in total. The molecule has 1 aliphatic carbocycles. The number of piperazine rings is 1. The molecule has 442 valence electrons. The van der Waals surface area contributed by atoms with Crippen LogP contribution in [0.15, 0.2) is 59.1 Å². The van der Waals surface area contributed by atoms with Crippen LogP contribution in [0.5, 0.6) is 0 Å². The summed E-state index contributed by atoms with van der Waals surface area (Å²) >= 11 is 1.59. The number of pyridine rings is 2. The number of aliphatic hydroxyl groups excluding tert-OH is 1. The SMILES string of the molecule is CC(=O)c1c(C)c2cnc(Cc3ccc(N4CCN(C(=O)COCCOCCOCCOCCOCC(=O)C[C@H](C(=O)N5C[C@H](O)C[C@H]5C(=O)CCc5ccc(-c6scnc6C)cc5)C(C)(C)C)CC4)cn3)nc2n(C2CCCC2)c1=O. The molecule has 8 rings (SSSR count). The zero-order chi connectivity index (χ0) is 58.3. The Labute approximate surface area is 483 Å². The van der Waals surface area contributed by atoms with Gasteiger partial charge in [-0.2, -0.15) is 0 Å². The Hall–Kier alpha value is -6.20. The number of hydrogen-bond donors (Lipinski definition) is 1. The van der Waals surface area contributed by atoms with Crippen molar-refractivity contribution < 1.29 is 52.8 Å². The molecule has 1 saturated carbocycles. The van der Waals surface area contributed by atoms with Crippen LogP contribution in [-0.2, 0) is 55.7 Å². The van der Waals surface area contributed by atoms with Gasteiger partial charge in [0.15, 0.2) is 17.3 Å². The lowest BCUT2D eigenvalue weighted by Gasteiger charge is -2.36. The Morgan fingerprint density at radius 3 is 2.04 bits per heavy atom. The van der Waals surface area contributed by atoms with Crippen LogP contribution in [0.1, 0.15) is 117 Å². The number of ether oxygens (including phenoxy) is 5. The van der Waals surface area contributed by atoms with E-state index in [4.69, 9.17) is 33.7 Å². The van der Waals surface area contributed by atoms with Crippen molar-refractivity contribution in [3.63, 3.8) is 0 Å². The molecule has 1 aromatic carbocycles. The Kier molecular flexibility index (Phi) is 22.1. The number of rotatable bonds is 29. The Morgan fingerprint density at radius 1 is 0.793 bits per heavy atom. The molecule has 6 heterocycles. The number of benzene rings is 1. The number of nitrogens with zero attached hydrogens (tertiary/aromatic N) is 8. The molecule has 82 heavy (non-hydrogen) atoms. The van der Waals surface area contributed by atoms with Crippen LogP contribution >= 0.6 is 11.3 Å². The van der Waals surface area contributed by atoms with E-state index in [-0.39, 0.29) is 105 Å². The number of fused-ring (bicyclic) bond motifs is 1. The molecule has 2 amide bonds. The maximum atomic E-state index is 14.0. The highest BCUT2D eigenvalue weighted by Gasteiger charge is 2.44. The van der Waals surface area contributed by atoms with E-state index in [0.29, 0.717) is 89.1 Å². The number of aromatic nitrogens is 5. The van der Waals surface area contributed by atoms with Crippen LogP contribution in [0.2, 0.25) is 0 Å². The zero-order valence-electron chi connectivity index (χ0n) is 48.4. The molecule has 4 aromatic heterocycles. The van der Waals surface area contributed by atoms with Crippen LogP contribution in [0.3, 0.4) is 0 Å². The normalized spacial score (nSPS) is 17.3. The third-order valence-corrected chi connectivity index (χ3v) is 16.7. The summed E-state index contributed by atoms with van der Waals surface area (Å²) in [5.41, 5.74) is 7.18. The number of anilines is 1. The van der Waals surface area contributed by atoms with Gasteiger partial charge >= 0.3 is 0 Å². The van der Waals surface area contributed by atoms with Crippen molar-refractivity contribution in [1.29, 1.82) is 0 Å². The summed E-state index contributed by atoms with van der Waals surface area (Å²) in [6.45, 7) is 15.5. The molecule has 1 N–H and O–H groups in total. The number of carbonyl (C=O) groups excluding carboxylic acids is 5. The van der Waals surface area contributed by atoms with Crippen LogP contribution in [0.4, 0.5) is 5.69 Å². The molecule has 2 saturated heterocycles. The van der Waals surface area contributed by atoms with E-state index in [9.17, 15) is 33.9 Å². The average Bonchev–Trinajstić information content (AvgIpc) is 2.80. The first-order valence-corrected chi connectivity index (χ1v) is 29.6. The summed E-state index contributed by atoms with van der Waals surface area (Å²) in [6, 6.07) is 11.3. The Morgan fingerprint density at radius 2 is 1.44 bits per heavy atom. The van der Waals surface area contributed by atoms with Crippen molar-refractivity contribution >= 4 is 57.2 Å². The monoisotopic (exact) mass is 1150 g/mol. The van der Waals surface area contributed by atoms with Gasteiger partial charge in [0.05, 0.1) is 105 Å². The molecule has 0 unspecified atom stereocenters. The largest absolute Gasteiger partial charge is 0.391 e. The van der Waals surface area contributed by atoms with Gasteiger partial charge in [-0.25, -0.2) is 15.0 Å². The summed E-state index contributed by atoms with van der Waals surface area (Å²) < 4.78 is 29.7. The molecule has 0 spiro atoms. The minimum absolute atomic E-state index is 0.00912. The minimum atomic E-state index is -0.815. The van der Waals surface area contributed by atoms with Gasteiger partial charge < -0.3 is 43.5 Å². The summed E-state index contributed by atoms with van der Waals surface area (Å²) in [6.07, 6.45) is 7.82. The molecule has 3 atom stereocenters. The van der Waals surface area contributed by atoms with E-state index in [1.165, 1.54) is 11.8 Å². The molecular formula is C61H80N8O12S. The maximum absolute atomic E-state index is 14.0. The fourth-order valence-corrected chi connectivity index (χ4v) is 11.9. The molecule has 5 aromatic rings. The highest BCUT2D eigenvalue weighted by atomic mass is 32.1. The topological polar surface area (TPSA) is 235 Å². The number of carbonyl (C=O) groups is 5. The van der Waals surface area contributed by atoms with E-state index in [1.807, 2.05) is 75.8 Å². The number of aryl methyl sites for hydroxylation is 3. The molecular weight excluding hydrogens is 1070 g/mol.